The van der Waals surface area contributed by atoms with Crippen LogP contribution in [0, 0.1) is 5.92 Å². The van der Waals surface area contributed by atoms with E-state index in [1.807, 2.05) is 37.3 Å². The van der Waals surface area contributed by atoms with E-state index < -0.39 is 10.0 Å². The lowest BCUT2D eigenvalue weighted by atomic mass is 9.93. The van der Waals surface area contributed by atoms with Gasteiger partial charge < -0.3 is 4.74 Å². The van der Waals surface area contributed by atoms with E-state index in [1.54, 1.807) is 6.07 Å². The summed E-state index contributed by atoms with van der Waals surface area (Å²) in [6, 6.07) is 12.8. The maximum atomic E-state index is 11.6. The molecule has 25 heavy (non-hydrogen) atoms. The van der Waals surface area contributed by atoms with Crippen LogP contribution < -0.4 is 9.88 Å². The summed E-state index contributed by atoms with van der Waals surface area (Å²) in [4.78, 5) is -0.0489. The summed E-state index contributed by atoms with van der Waals surface area (Å²) < 4.78 is 29.0. The normalized spacial score (nSPS) is 13.0. The molecule has 0 aliphatic carbocycles. The molecule has 6 heteroatoms. The zero-order chi connectivity index (χ0) is 18.6. The summed E-state index contributed by atoms with van der Waals surface area (Å²) in [5.74, 6) is 1.44. The summed E-state index contributed by atoms with van der Waals surface area (Å²) in [7, 11) is -3.85. The first-order chi connectivity index (χ1) is 11.7. The van der Waals surface area contributed by atoms with Gasteiger partial charge in [-0.25, -0.2) is 13.6 Å². The van der Waals surface area contributed by atoms with Crippen molar-refractivity contribution in [2.45, 2.75) is 38.0 Å². The van der Waals surface area contributed by atoms with Crippen molar-refractivity contribution in [1.29, 1.82) is 0 Å². The summed E-state index contributed by atoms with van der Waals surface area (Å²) in [6.45, 7) is 7.03. The lowest BCUT2D eigenvalue weighted by molar-refractivity contribution is 0.289. The zero-order valence-corrected chi connectivity index (χ0v) is 16.3. The first-order valence-electron chi connectivity index (χ1n) is 8.23. The second kappa shape index (κ2) is 8.21. The van der Waals surface area contributed by atoms with Crippen LogP contribution in [-0.2, 0) is 10.0 Å². The summed E-state index contributed by atoms with van der Waals surface area (Å²) in [5.41, 5.74) is 1.89. The van der Waals surface area contributed by atoms with Crippen LogP contribution in [0.3, 0.4) is 0 Å². The maximum Gasteiger partial charge on any atom is 0.239 e. The molecular formula is C19H24ClNO3S. The minimum Gasteiger partial charge on any atom is -0.494 e. The van der Waals surface area contributed by atoms with Crippen LogP contribution >= 0.6 is 11.6 Å². The Morgan fingerprint density at radius 2 is 1.64 bits per heavy atom. The second-order valence-corrected chi connectivity index (χ2v) is 8.49. The molecule has 0 bridgehead atoms. The Kier molecular flexibility index (Phi) is 6.49. The fourth-order valence-electron chi connectivity index (χ4n) is 2.46. The van der Waals surface area contributed by atoms with Gasteiger partial charge in [0.1, 0.15) is 10.6 Å². The van der Waals surface area contributed by atoms with Crippen LogP contribution in [-0.4, -0.2) is 15.0 Å². The van der Waals surface area contributed by atoms with Crippen LogP contribution in [0.5, 0.6) is 5.75 Å². The molecule has 1 atom stereocenters. The molecule has 0 saturated carbocycles. The number of ether oxygens (including phenoxy) is 1. The molecule has 1 unspecified atom stereocenters. The van der Waals surface area contributed by atoms with Crippen molar-refractivity contribution in [3.05, 3.63) is 58.6 Å². The second-order valence-electron chi connectivity index (χ2n) is 6.56. The molecule has 0 saturated heterocycles. The number of halogens is 1. The first-order valence-corrected chi connectivity index (χ1v) is 10.2. The van der Waals surface area contributed by atoms with E-state index in [-0.39, 0.29) is 15.8 Å². The van der Waals surface area contributed by atoms with Crippen LogP contribution in [0.4, 0.5) is 0 Å². The van der Waals surface area contributed by atoms with E-state index in [9.17, 15) is 8.42 Å². The maximum absolute atomic E-state index is 11.6. The van der Waals surface area contributed by atoms with Gasteiger partial charge in [-0.05, 0) is 47.7 Å². The van der Waals surface area contributed by atoms with Crippen molar-refractivity contribution in [2.75, 3.05) is 6.61 Å². The largest absolute Gasteiger partial charge is 0.494 e. The Balaban J connectivity index is 2.16. The fraction of sp³-hybridized carbons (Fsp3) is 0.368. The minimum atomic E-state index is -3.85. The van der Waals surface area contributed by atoms with Gasteiger partial charge in [-0.15, -0.1) is 0 Å². The zero-order valence-electron chi connectivity index (χ0n) is 14.7. The molecule has 0 amide bonds. The smallest absolute Gasteiger partial charge is 0.239 e. The molecule has 0 aromatic heterocycles. The number of sulfonamides is 1. The van der Waals surface area contributed by atoms with Crippen molar-refractivity contribution in [3.63, 3.8) is 0 Å². The highest BCUT2D eigenvalue weighted by Crippen LogP contribution is 2.30. The Morgan fingerprint density at radius 3 is 2.20 bits per heavy atom. The third-order valence-corrected chi connectivity index (χ3v) is 5.50. The van der Waals surface area contributed by atoms with Gasteiger partial charge in [-0.2, -0.15) is 0 Å². The number of hydrogen-bond donors (Lipinski definition) is 1. The molecule has 136 valence electrons. The average Bonchev–Trinajstić information content (AvgIpc) is 2.54. The Bertz CT molecular complexity index is 817. The predicted molar refractivity (Wildman–Crippen MR) is 102 cm³/mol. The number of rotatable bonds is 7. The highest BCUT2D eigenvalue weighted by molar-refractivity contribution is 7.89. The minimum absolute atomic E-state index is 0.00230. The van der Waals surface area contributed by atoms with Gasteiger partial charge in [0.15, 0.2) is 0 Å². The fourth-order valence-corrected chi connectivity index (χ4v) is 3.55. The molecule has 0 aliphatic heterocycles. The first kappa shape index (κ1) is 19.8. The van der Waals surface area contributed by atoms with Crippen molar-refractivity contribution >= 4 is 21.6 Å². The van der Waals surface area contributed by atoms with Crippen molar-refractivity contribution < 1.29 is 13.2 Å². The van der Waals surface area contributed by atoms with Crippen LogP contribution in [0.25, 0.3) is 0 Å². The van der Waals surface area contributed by atoms with Crippen molar-refractivity contribution in [2.24, 2.45) is 11.1 Å². The lowest BCUT2D eigenvalue weighted by Gasteiger charge is -2.15. The van der Waals surface area contributed by atoms with Crippen molar-refractivity contribution in [1.82, 2.24) is 0 Å². The van der Waals surface area contributed by atoms with E-state index in [1.165, 1.54) is 6.07 Å². The van der Waals surface area contributed by atoms with Gasteiger partial charge in [0.05, 0.1) is 11.6 Å². The quantitative estimate of drug-likeness (QED) is 0.764. The van der Waals surface area contributed by atoms with Crippen LogP contribution in [0.2, 0.25) is 5.02 Å². The number of nitrogens with two attached hydrogens (primary N) is 1. The number of hydrogen-bond acceptors (Lipinski definition) is 3. The lowest BCUT2D eigenvalue weighted by Crippen LogP contribution is -2.13. The third-order valence-electron chi connectivity index (χ3n) is 4.11. The van der Waals surface area contributed by atoms with Gasteiger partial charge >= 0.3 is 0 Å². The predicted octanol–water partition coefficient (Wildman–Crippen LogP) is 4.56. The molecule has 0 fully saturated rings. The Labute approximate surface area is 155 Å². The Hall–Kier alpha value is -1.56. The number of primary sulfonamides is 1. The van der Waals surface area contributed by atoms with E-state index in [4.69, 9.17) is 21.5 Å². The van der Waals surface area contributed by atoms with E-state index in [0.717, 1.165) is 23.3 Å². The summed E-state index contributed by atoms with van der Waals surface area (Å²) in [5, 5.41) is 5.36. The van der Waals surface area contributed by atoms with Gasteiger partial charge in [0, 0.05) is 5.92 Å². The van der Waals surface area contributed by atoms with Gasteiger partial charge in [-0.1, -0.05) is 50.6 Å². The average molecular weight is 382 g/mol. The molecule has 2 rings (SSSR count). The molecule has 0 heterocycles. The standard InChI is InChI=1S/C19H24ClNO3S/c1-13(2)10-11-24-17-7-4-15(5-8-17)14(3)16-6-9-18(20)19(12-16)25(21,22)23/h4-9,12-14H,10-11H2,1-3H3,(H2,21,22,23). The highest BCUT2D eigenvalue weighted by atomic mass is 35.5. The molecule has 0 radical (unpaired) electrons. The Morgan fingerprint density at radius 1 is 1.04 bits per heavy atom. The van der Waals surface area contributed by atoms with E-state index >= 15 is 0 Å². The molecule has 2 aromatic rings. The molecule has 4 nitrogen and oxygen atoms in total. The monoisotopic (exact) mass is 381 g/mol. The van der Waals surface area contributed by atoms with Crippen LogP contribution in [0.1, 0.15) is 44.2 Å². The molecule has 0 aliphatic rings. The van der Waals surface area contributed by atoms with Gasteiger partial charge in [0.25, 0.3) is 0 Å². The highest BCUT2D eigenvalue weighted by Gasteiger charge is 2.17. The van der Waals surface area contributed by atoms with E-state index in [2.05, 4.69) is 13.8 Å². The topological polar surface area (TPSA) is 69.4 Å². The summed E-state index contributed by atoms with van der Waals surface area (Å²) >= 11 is 5.95. The van der Waals surface area contributed by atoms with Gasteiger partial charge in [-0.3, -0.25) is 0 Å². The third kappa shape index (κ3) is 5.46. The van der Waals surface area contributed by atoms with Crippen molar-refractivity contribution in [3.8, 4) is 5.75 Å². The van der Waals surface area contributed by atoms with E-state index in [0.29, 0.717) is 12.5 Å². The molecule has 2 aromatic carbocycles. The SMILES string of the molecule is CC(C)CCOc1ccc(C(C)c2ccc(Cl)c(S(N)(=O)=O)c2)cc1. The molecule has 2 N–H and O–H groups in total. The molecule has 0 spiro atoms. The van der Waals surface area contributed by atoms with Crippen LogP contribution in [0.15, 0.2) is 47.4 Å². The number of benzene rings is 2. The van der Waals surface area contributed by atoms with Gasteiger partial charge in [0.2, 0.25) is 10.0 Å². The molecular weight excluding hydrogens is 358 g/mol. The summed E-state index contributed by atoms with van der Waals surface area (Å²) in [6.07, 6.45) is 1.01.